The summed E-state index contributed by atoms with van der Waals surface area (Å²) in [6.45, 7) is 8.08. The van der Waals surface area contributed by atoms with Crippen molar-refractivity contribution in [2.24, 2.45) is 5.92 Å². The van der Waals surface area contributed by atoms with Crippen LogP contribution in [0.1, 0.15) is 97.7 Å². The van der Waals surface area contributed by atoms with E-state index >= 15 is 4.39 Å². The molecule has 4 aromatic rings. The zero-order chi connectivity index (χ0) is 41.9. The third kappa shape index (κ3) is 7.75. The van der Waals surface area contributed by atoms with Crippen LogP contribution in [0.3, 0.4) is 0 Å². The first-order chi connectivity index (χ1) is 28.2. The third-order valence-corrected chi connectivity index (χ3v) is 12.8. The fourth-order valence-corrected chi connectivity index (χ4v) is 9.93. The van der Waals surface area contributed by atoms with E-state index in [1.807, 2.05) is 29.6 Å². The topological polar surface area (TPSA) is 156 Å². The molecule has 4 atom stereocenters. The van der Waals surface area contributed by atoms with Crippen LogP contribution in [-0.4, -0.2) is 86.0 Å². The first kappa shape index (κ1) is 40.7. The number of piperidine rings is 1. The number of nitrogens with zero attached hydrogens (tertiary/aromatic N) is 6. The van der Waals surface area contributed by atoms with Crippen LogP contribution in [0.15, 0.2) is 48.9 Å². The van der Waals surface area contributed by atoms with Crippen molar-refractivity contribution in [3.63, 3.8) is 0 Å². The molecule has 59 heavy (non-hydrogen) atoms. The molecule has 4 amide bonds. The predicted molar refractivity (Wildman–Crippen MR) is 217 cm³/mol. The summed E-state index contributed by atoms with van der Waals surface area (Å²) in [5, 5.41) is 7.06. The molecular weight excluding hydrogens is 805 g/mol. The van der Waals surface area contributed by atoms with Gasteiger partial charge in [-0.05, 0) is 89.1 Å². The number of hydrogen-bond acceptors (Lipinski definition) is 10. The molecule has 1 saturated carbocycles. The van der Waals surface area contributed by atoms with Gasteiger partial charge < -0.3 is 15.4 Å². The molecule has 8 rings (SSSR count). The van der Waals surface area contributed by atoms with Crippen LogP contribution in [-0.2, 0) is 9.59 Å². The highest BCUT2D eigenvalue weighted by Gasteiger charge is 2.46. The molecule has 17 heteroatoms. The molecule has 0 bridgehead atoms. The van der Waals surface area contributed by atoms with E-state index in [1.165, 1.54) is 18.2 Å². The van der Waals surface area contributed by atoms with E-state index in [9.17, 15) is 23.6 Å². The Morgan fingerprint density at radius 1 is 0.915 bits per heavy atom. The fraction of sp³-hybridized carbons (Fsp3) is 0.429. The molecule has 13 nitrogen and oxygen atoms in total. The van der Waals surface area contributed by atoms with E-state index in [0.29, 0.717) is 30.3 Å². The Morgan fingerprint density at radius 3 is 2.31 bits per heavy atom. The number of rotatable bonds is 9. The Bertz CT molecular complexity index is 2340. The van der Waals surface area contributed by atoms with Crippen LogP contribution in [0, 0.1) is 17.6 Å². The number of aromatic nitrogens is 3. The Morgan fingerprint density at radius 2 is 1.61 bits per heavy atom. The van der Waals surface area contributed by atoms with Gasteiger partial charge in [0.1, 0.15) is 23.8 Å². The first-order valence-corrected chi connectivity index (χ1v) is 20.6. The highest BCUT2D eigenvalue weighted by molar-refractivity contribution is 6.36. The van der Waals surface area contributed by atoms with Gasteiger partial charge in [-0.15, -0.1) is 0 Å². The molecule has 3 N–H and O–H groups in total. The lowest BCUT2D eigenvalue weighted by Crippen LogP contribution is -2.58. The number of carbonyl (C=O) groups is 4. The molecule has 0 radical (unpaired) electrons. The van der Waals surface area contributed by atoms with Gasteiger partial charge in [-0.1, -0.05) is 23.2 Å². The number of nitrogen functional groups attached to an aromatic ring is 1. The highest BCUT2D eigenvalue weighted by Crippen LogP contribution is 2.39. The molecule has 4 aliphatic rings. The zero-order valence-electron chi connectivity index (χ0n) is 32.8. The normalized spacial score (nSPS) is 24.4. The first-order valence-electron chi connectivity index (χ1n) is 19.8. The molecule has 310 valence electrons. The van der Waals surface area contributed by atoms with Gasteiger partial charge in [0.05, 0.1) is 34.1 Å². The van der Waals surface area contributed by atoms with E-state index in [0.717, 1.165) is 54.3 Å². The molecular formula is C42H44Cl2F2N8O5. The minimum atomic E-state index is -1.12. The van der Waals surface area contributed by atoms with Crippen molar-refractivity contribution in [2.45, 2.75) is 89.6 Å². The molecule has 3 aliphatic heterocycles. The summed E-state index contributed by atoms with van der Waals surface area (Å²) in [6, 6.07) is 5.90. The molecule has 2 saturated heterocycles. The maximum Gasteiger partial charge on any atom is 0.262 e. The van der Waals surface area contributed by atoms with E-state index in [2.05, 4.69) is 15.2 Å². The van der Waals surface area contributed by atoms with Crippen molar-refractivity contribution in [3.05, 3.63) is 87.3 Å². The van der Waals surface area contributed by atoms with Crippen LogP contribution < -0.4 is 20.7 Å². The SMILES string of the molecule is CC1CN(CC2CCC(n3cc(-c4cnc(N)c(O[C@H](C)c5c(Cl)ccc(F)c5Cl)c4)cn3)CC2)CC(C)N1c1cc2c(cc1F)C(=O)N(C1CCC(=O)NC1=O)C2=O. The number of anilines is 2. The van der Waals surface area contributed by atoms with Gasteiger partial charge in [0, 0.05) is 72.2 Å². The number of nitrogens with one attached hydrogen (secondary N) is 1. The fourth-order valence-electron chi connectivity index (χ4n) is 9.25. The molecule has 2 aromatic carbocycles. The van der Waals surface area contributed by atoms with Crippen molar-refractivity contribution in [3.8, 4) is 16.9 Å². The summed E-state index contributed by atoms with van der Waals surface area (Å²) in [5.74, 6) is -2.79. The van der Waals surface area contributed by atoms with Crippen LogP contribution >= 0.6 is 23.2 Å². The van der Waals surface area contributed by atoms with Gasteiger partial charge >= 0.3 is 0 Å². The predicted octanol–water partition coefficient (Wildman–Crippen LogP) is 6.98. The van der Waals surface area contributed by atoms with Crippen LogP contribution in [0.4, 0.5) is 20.3 Å². The van der Waals surface area contributed by atoms with Crippen molar-refractivity contribution in [2.75, 3.05) is 30.3 Å². The Balaban J connectivity index is 0.868. The van der Waals surface area contributed by atoms with Gasteiger partial charge in [-0.3, -0.25) is 39.0 Å². The monoisotopic (exact) mass is 848 g/mol. The largest absolute Gasteiger partial charge is 0.482 e. The van der Waals surface area contributed by atoms with Crippen LogP contribution in [0.5, 0.6) is 5.75 Å². The van der Waals surface area contributed by atoms with E-state index in [4.69, 9.17) is 38.8 Å². The highest BCUT2D eigenvalue weighted by atomic mass is 35.5. The molecule has 1 aliphatic carbocycles. The van der Waals surface area contributed by atoms with Crippen molar-refractivity contribution < 1.29 is 32.7 Å². The number of amides is 4. The molecule has 5 heterocycles. The number of hydrogen-bond donors (Lipinski definition) is 2. The number of fused-ring (bicyclic) bond motifs is 1. The number of benzene rings is 2. The maximum atomic E-state index is 15.8. The van der Waals surface area contributed by atoms with Crippen molar-refractivity contribution in [1.82, 2.24) is 29.9 Å². The van der Waals surface area contributed by atoms with Crippen LogP contribution in [0.2, 0.25) is 10.0 Å². The van der Waals surface area contributed by atoms with Gasteiger partial charge in [0.25, 0.3) is 11.8 Å². The second kappa shape index (κ2) is 16.1. The number of carbonyl (C=O) groups excluding carboxylic acids is 4. The smallest absolute Gasteiger partial charge is 0.262 e. The lowest BCUT2D eigenvalue weighted by atomic mass is 9.85. The number of halogens is 4. The van der Waals surface area contributed by atoms with Gasteiger partial charge in [-0.2, -0.15) is 5.10 Å². The Kier molecular flexibility index (Phi) is 11.1. The molecule has 3 fully saturated rings. The lowest BCUT2D eigenvalue weighted by Gasteiger charge is -2.47. The zero-order valence-corrected chi connectivity index (χ0v) is 34.3. The summed E-state index contributed by atoms with van der Waals surface area (Å²) in [7, 11) is 0. The summed E-state index contributed by atoms with van der Waals surface area (Å²) in [4.78, 5) is 60.5. The quantitative estimate of drug-likeness (QED) is 0.133. The number of imide groups is 2. The van der Waals surface area contributed by atoms with Gasteiger partial charge in [-0.25, -0.2) is 13.8 Å². The molecule has 3 unspecified atom stereocenters. The lowest BCUT2D eigenvalue weighted by molar-refractivity contribution is -0.136. The van der Waals surface area contributed by atoms with E-state index in [1.54, 1.807) is 25.4 Å². The Hall–Kier alpha value is -5.12. The van der Waals surface area contributed by atoms with Gasteiger partial charge in [0.2, 0.25) is 11.8 Å². The van der Waals surface area contributed by atoms with Crippen LogP contribution in [0.25, 0.3) is 11.1 Å². The number of pyridine rings is 1. The number of piperazine rings is 1. The maximum absolute atomic E-state index is 15.8. The minimum Gasteiger partial charge on any atom is -0.482 e. The summed E-state index contributed by atoms with van der Waals surface area (Å²) in [5.41, 5.74) is 8.32. The van der Waals surface area contributed by atoms with Crippen molar-refractivity contribution >= 4 is 58.3 Å². The van der Waals surface area contributed by atoms with Gasteiger partial charge in [0.15, 0.2) is 11.6 Å². The molecule has 2 aromatic heterocycles. The summed E-state index contributed by atoms with van der Waals surface area (Å²) < 4.78 is 38.1. The Labute approximate surface area is 349 Å². The standard InChI is InChI=1S/C42H44Cl2F2N8O5/c1-21-17-51(18-22(2)53(21)34-14-29-28(13-32(34)46)41(57)54(42(29)58)33-10-11-36(55)50-40(33)56)19-24-4-6-27(7-5-24)52-20-26(16-49-52)25-12-35(39(47)48-15-25)59-23(3)37-30(43)8-9-31(45)38(37)44/h8-9,12-16,20-24,27,33H,4-7,10-11,17-19H2,1-3H3,(H2,47,48)(H,50,55,56)/t21?,22?,23-,24?,27?,33?/m1/s1. The second-order valence-corrected chi connectivity index (χ2v) is 16.9. The average molecular weight is 850 g/mol. The van der Waals surface area contributed by atoms with E-state index < -0.39 is 47.4 Å². The van der Waals surface area contributed by atoms with Crippen molar-refractivity contribution in [1.29, 1.82) is 0 Å². The summed E-state index contributed by atoms with van der Waals surface area (Å²) >= 11 is 12.5. The number of ether oxygens (including phenoxy) is 1. The average Bonchev–Trinajstić information content (AvgIpc) is 3.77. The third-order valence-electron chi connectivity index (χ3n) is 12.1. The van der Waals surface area contributed by atoms with E-state index in [-0.39, 0.29) is 63.6 Å². The minimum absolute atomic E-state index is 0.00668. The summed E-state index contributed by atoms with van der Waals surface area (Å²) in [6.07, 6.45) is 8.75. The molecule has 0 spiro atoms. The second-order valence-electron chi connectivity index (χ2n) is 16.1. The number of nitrogens with two attached hydrogens (primary N) is 1.